The van der Waals surface area contributed by atoms with Gasteiger partial charge in [0.05, 0.1) is 0 Å². The number of aromatic nitrogens is 3. The number of aliphatic carboxylic acids is 1. The fraction of sp³-hybridized carbons (Fsp3) is 0.278. The van der Waals surface area contributed by atoms with Crippen molar-refractivity contribution in [1.29, 1.82) is 0 Å². The molecule has 2 heterocycles. The number of aryl methyl sites for hydroxylation is 2. The lowest BCUT2D eigenvalue weighted by molar-refractivity contribution is -0.657. The van der Waals surface area contributed by atoms with Crippen molar-refractivity contribution in [2.24, 2.45) is 0 Å². The van der Waals surface area contributed by atoms with Crippen LogP contribution in [0.2, 0.25) is 0 Å². The van der Waals surface area contributed by atoms with Crippen LogP contribution in [0.1, 0.15) is 23.2 Å². The Morgan fingerprint density at radius 2 is 2.16 bits per heavy atom. The minimum atomic E-state index is -0.879. The number of H-pyrrole nitrogens is 1. The highest BCUT2D eigenvalue weighted by Crippen LogP contribution is 2.21. The summed E-state index contributed by atoms with van der Waals surface area (Å²) >= 11 is 1.54. The highest BCUT2D eigenvalue weighted by atomic mass is 32.1. The smallest absolute Gasteiger partial charge is 0.370 e. The average molecular weight is 358 g/mol. The Kier molecular flexibility index (Phi) is 4.85. The van der Waals surface area contributed by atoms with Gasteiger partial charge in [-0.1, -0.05) is 29.5 Å². The van der Waals surface area contributed by atoms with Gasteiger partial charge in [0.1, 0.15) is 4.70 Å². The molecule has 0 spiro atoms. The number of thiazole rings is 1. The van der Waals surface area contributed by atoms with Crippen molar-refractivity contribution < 1.29 is 14.5 Å². The summed E-state index contributed by atoms with van der Waals surface area (Å²) in [6.07, 6.45) is 4.33. The second kappa shape index (κ2) is 7.06. The number of hydrogen-bond acceptors (Lipinski definition) is 3. The Bertz CT molecular complexity index is 1010. The quantitative estimate of drug-likeness (QED) is 0.664. The SMILES string of the molecule is CCn1[nH]c(C)c(CC=Cc2sc3ccccc3[n+]2CC(=O)O)c1=O. The largest absolute Gasteiger partial charge is 0.477 e. The molecule has 3 rings (SSSR count). The second-order valence-corrected chi connectivity index (χ2v) is 6.82. The van der Waals surface area contributed by atoms with E-state index in [4.69, 9.17) is 0 Å². The molecule has 0 aliphatic heterocycles. The maximum atomic E-state index is 12.2. The van der Waals surface area contributed by atoms with E-state index in [0.717, 1.165) is 26.5 Å². The number of benzene rings is 1. The van der Waals surface area contributed by atoms with Gasteiger partial charge in [0.15, 0.2) is 0 Å². The highest BCUT2D eigenvalue weighted by Gasteiger charge is 2.20. The van der Waals surface area contributed by atoms with E-state index in [0.29, 0.717) is 13.0 Å². The van der Waals surface area contributed by atoms with Crippen molar-refractivity contribution in [3.8, 4) is 0 Å². The summed E-state index contributed by atoms with van der Waals surface area (Å²) in [5, 5.41) is 13.1. The summed E-state index contributed by atoms with van der Waals surface area (Å²) in [6, 6.07) is 7.74. The molecule has 0 aliphatic rings. The summed E-state index contributed by atoms with van der Waals surface area (Å²) in [6.45, 7) is 4.33. The van der Waals surface area contributed by atoms with Crippen molar-refractivity contribution in [3.63, 3.8) is 0 Å². The topological polar surface area (TPSA) is 79.0 Å². The van der Waals surface area contributed by atoms with Crippen LogP contribution in [0.4, 0.5) is 0 Å². The van der Waals surface area contributed by atoms with Gasteiger partial charge in [0.25, 0.3) is 10.6 Å². The zero-order valence-electron chi connectivity index (χ0n) is 14.2. The van der Waals surface area contributed by atoms with Crippen LogP contribution in [-0.4, -0.2) is 20.9 Å². The number of allylic oxidation sites excluding steroid dienone is 1. The molecule has 0 unspecified atom stereocenters. The monoisotopic (exact) mass is 358 g/mol. The van der Waals surface area contributed by atoms with Gasteiger partial charge in [-0.05, 0) is 26.3 Å². The first kappa shape index (κ1) is 17.2. The number of rotatable bonds is 6. The zero-order valence-corrected chi connectivity index (χ0v) is 15.0. The van der Waals surface area contributed by atoms with E-state index in [2.05, 4.69) is 5.10 Å². The molecule has 6 nitrogen and oxygen atoms in total. The number of carboxylic acid groups (broad SMARTS) is 1. The van der Waals surface area contributed by atoms with E-state index in [1.807, 2.05) is 50.3 Å². The molecule has 0 bridgehead atoms. The first-order valence-electron chi connectivity index (χ1n) is 8.09. The van der Waals surface area contributed by atoms with Gasteiger partial charge in [-0.25, -0.2) is 4.79 Å². The third-order valence-electron chi connectivity index (χ3n) is 4.09. The molecular weight excluding hydrogens is 338 g/mol. The van der Waals surface area contributed by atoms with E-state index >= 15 is 0 Å². The number of nitrogens with zero attached hydrogens (tertiary/aromatic N) is 2. The Morgan fingerprint density at radius 1 is 1.40 bits per heavy atom. The first-order chi connectivity index (χ1) is 12.0. The lowest BCUT2D eigenvalue weighted by atomic mass is 10.2. The molecule has 130 valence electrons. The molecule has 1 aromatic carbocycles. The second-order valence-electron chi connectivity index (χ2n) is 5.76. The predicted octanol–water partition coefficient (Wildman–Crippen LogP) is 2.35. The molecule has 0 aliphatic carbocycles. The van der Waals surface area contributed by atoms with Crippen LogP contribution in [0.3, 0.4) is 0 Å². The molecule has 0 saturated heterocycles. The summed E-state index contributed by atoms with van der Waals surface area (Å²) in [5.74, 6) is -0.879. The van der Waals surface area contributed by atoms with E-state index in [1.54, 1.807) is 20.6 Å². The number of nitrogens with one attached hydrogen (secondary N) is 1. The number of carboxylic acids is 1. The Morgan fingerprint density at radius 3 is 2.84 bits per heavy atom. The molecule has 0 atom stereocenters. The third kappa shape index (κ3) is 3.41. The van der Waals surface area contributed by atoms with Gasteiger partial charge < -0.3 is 5.11 Å². The number of carbonyl (C=O) groups is 1. The average Bonchev–Trinajstić information content (AvgIpc) is 3.06. The molecule has 25 heavy (non-hydrogen) atoms. The zero-order chi connectivity index (χ0) is 18.0. The molecule has 7 heteroatoms. The Labute approximate surface area is 148 Å². The molecule has 0 fully saturated rings. The minimum Gasteiger partial charge on any atom is -0.477 e. The lowest BCUT2D eigenvalue weighted by Gasteiger charge is -1.93. The predicted molar refractivity (Wildman–Crippen MR) is 97.9 cm³/mol. The summed E-state index contributed by atoms with van der Waals surface area (Å²) in [7, 11) is 0. The molecule has 0 saturated carbocycles. The summed E-state index contributed by atoms with van der Waals surface area (Å²) < 4.78 is 4.41. The van der Waals surface area contributed by atoms with Crippen molar-refractivity contribution in [2.75, 3.05) is 0 Å². The van der Waals surface area contributed by atoms with Gasteiger partial charge in [0.2, 0.25) is 12.1 Å². The molecule has 0 radical (unpaired) electrons. The summed E-state index contributed by atoms with van der Waals surface area (Å²) in [5.41, 5.74) is 2.51. The molecule has 0 amide bonds. The van der Waals surface area contributed by atoms with Crippen molar-refractivity contribution >= 4 is 33.6 Å². The molecular formula is C18H20N3O3S+. The van der Waals surface area contributed by atoms with Crippen LogP contribution in [0, 0.1) is 6.92 Å². The van der Waals surface area contributed by atoms with E-state index in [9.17, 15) is 14.7 Å². The van der Waals surface area contributed by atoms with Gasteiger partial charge in [0, 0.05) is 29.9 Å². The van der Waals surface area contributed by atoms with Crippen molar-refractivity contribution in [1.82, 2.24) is 9.78 Å². The van der Waals surface area contributed by atoms with Gasteiger partial charge >= 0.3 is 5.97 Å². The minimum absolute atomic E-state index is 0.000553. The van der Waals surface area contributed by atoms with Gasteiger partial charge in [-0.2, -0.15) is 4.57 Å². The number of aromatic amines is 1. The van der Waals surface area contributed by atoms with E-state index in [1.165, 1.54) is 0 Å². The van der Waals surface area contributed by atoms with Crippen molar-refractivity contribution in [3.05, 3.63) is 57.0 Å². The van der Waals surface area contributed by atoms with E-state index in [-0.39, 0.29) is 12.1 Å². The number of hydrogen-bond donors (Lipinski definition) is 2. The van der Waals surface area contributed by atoms with Crippen LogP contribution in [-0.2, 0) is 24.3 Å². The number of fused-ring (bicyclic) bond motifs is 1. The third-order valence-corrected chi connectivity index (χ3v) is 5.22. The van der Waals surface area contributed by atoms with E-state index < -0.39 is 5.97 Å². The van der Waals surface area contributed by atoms with Crippen LogP contribution < -0.4 is 10.1 Å². The normalized spacial score (nSPS) is 11.6. The van der Waals surface area contributed by atoms with Crippen LogP contribution in [0.25, 0.3) is 16.3 Å². The molecule has 2 aromatic heterocycles. The van der Waals surface area contributed by atoms with Crippen molar-refractivity contribution in [2.45, 2.75) is 33.4 Å². The maximum absolute atomic E-state index is 12.2. The van der Waals surface area contributed by atoms with Crippen LogP contribution in [0.5, 0.6) is 0 Å². The van der Waals surface area contributed by atoms with Crippen LogP contribution >= 0.6 is 11.3 Å². The number of para-hydroxylation sites is 1. The summed E-state index contributed by atoms with van der Waals surface area (Å²) in [4.78, 5) is 23.4. The fourth-order valence-corrected chi connectivity index (χ4v) is 3.95. The van der Waals surface area contributed by atoms with Gasteiger partial charge in [-0.15, -0.1) is 0 Å². The lowest BCUT2D eigenvalue weighted by Crippen LogP contribution is -2.39. The Balaban J connectivity index is 1.92. The van der Waals surface area contributed by atoms with Gasteiger partial charge in [-0.3, -0.25) is 14.6 Å². The fourth-order valence-electron chi connectivity index (χ4n) is 2.86. The molecule has 2 N–H and O–H groups in total. The highest BCUT2D eigenvalue weighted by molar-refractivity contribution is 7.18. The molecule has 3 aromatic rings. The maximum Gasteiger partial charge on any atom is 0.370 e. The van der Waals surface area contributed by atoms with Crippen LogP contribution in [0.15, 0.2) is 35.1 Å². The standard InChI is InChI=1S/C18H19N3O3S/c1-3-21-18(24)13(12(2)19-21)7-6-10-16-20(11-17(22)23)14-8-4-5-9-15(14)25-16/h4-6,8-10H,3,7,11H2,1-2H3,(H-,19,22,23,24)/p+1. The first-order valence-corrected chi connectivity index (χ1v) is 8.91. The Hall–Kier alpha value is -2.67.